The van der Waals surface area contributed by atoms with Crippen LogP contribution in [0.2, 0.25) is 0 Å². The number of alkyl halides is 3. The molecule has 1 amide bonds. The first-order valence-corrected chi connectivity index (χ1v) is 12.9. The highest BCUT2D eigenvalue weighted by molar-refractivity contribution is 7.90. The summed E-state index contributed by atoms with van der Waals surface area (Å²) in [5.74, 6) is -1.46. The number of aromatic nitrogens is 2. The second kappa shape index (κ2) is 9.12. The number of nitrogens with one attached hydrogen (secondary N) is 1. The molecule has 1 aromatic rings. The van der Waals surface area contributed by atoms with E-state index in [2.05, 4.69) is 15.5 Å². The van der Waals surface area contributed by atoms with E-state index in [0.29, 0.717) is 19.3 Å². The summed E-state index contributed by atoms with van der Waals surface area (Å²) in [6.07, 6.45) is -1.93. The van der Waals surface area contributed by atoms with Crippen molar-refractivity contribution in [3.8, 4) is 0 Å². The third-order valence-corrected chi connectivity index (χ3v) is 7.13. The van der Waals surface area contributed by atoms with E-state index in [1.807, 2.05) is 0 Å². The summed E-state index contributed by atoms with van der Waals surface area (Å²) >= 11 is 0. The standard InChI is InChI=1S/C21H29F3N4O6S/c1-12(21(22,23)24)33-16-9-15(28(4)10-14(16)20(30)7-6-8-20)17(29)26-19(3,11-35(5,31)32)18-25-13(2)34-27-18/h9-10,12,15,30H,6-8,11H2,1-5H3,(H,26,29). The molecule has 2 heterocycles. The van der Waals surface area contributed by atoms with E-state index < -0.39 is 51.0 Å². The average Bonchev–Trinajstić information content (AvgIpc) is 3.12. The minimum Gasteiger partial charge on any atom is -0.481 e. The first-order valence-electron chi connectivity index (χ1n) is 10.9. The Hall–Kier alpha value is -2.61. The molecule has 1 aromatic heterocycles. The lowest BCUT2D eigenvalue weighted by Gasteiger charge is -2.43. The van der Waals surface area contributed by atoms with Crippen LogP contribution in [-0.2, 0) is 24.9 Å². The number of amides is 1. The molecule has 1 fully saturated rings. The van der Waals surface area contributed by atoms with Gasteiger partial charge in [0.05, 0.1) is 11.4 Å². The molecule has 10 nitrogen and oxygen atoms in total. The fourth-order valence-electron chi connectivity index (χ4n) is 4.00. The molecular formula is C21H29F3N4O6S. The van der Waals surface area contributed by atoms with Crippen molar-refractivity contribution in [2.45, 2.75) is 69.5 Å². The van der Waals surface area contributed by atoms with Gasteiger partial charge in [0.1, 0.15) is 27.2 Å². The molecule has 2 aliphatic rings. The molecule has 0 spiro atoms. The molecule has 0 radical (unpaired) electrons. The van der Waals surface area contributed by atoms with Crippen molar-refractivity contribution in [2.75, 3.05) is 19.1 Å². The van der Waals surface area contributed by atoms with Gasteiger partial charge >= 0.3 is 6.18 Å². The number of ether oxygens (including phenoxy) is 1. The van der Waals surface area contributed by atoms with Gasteiger partial charge in [0.25, 0.3) is 0 Å². The van der Waals surface area contributed by atoms with Crippen molar-refractivity contribution in [1.82, 2.24) is 20.4 Å². The Morgan fingerprint density at radius 2 is 2.06 bits per heavy atom. The van der Waals surface area contributed by atoms with Crippen molar-refractivity contribution in [3.05, 3.63) is 35.3 Å². The fourth-order valence-corrected chi connectivity index (χ4v) is 5.25. The predicted octanol–water partition coefficient (Wildman–Crippen LogP) is 1.72. The minimum absolute atomic E-state index is 0.0709. The highest BCUT2D eigenvalue weighted by Crippen LogP contribution is 2.44. The summed E-state index contributed by atoms with van der Waals surface area (Å²) in [6, 6.07) is -1.18. The number of aryl methyl sites for hydroxylation is 1. The molecule has 3 rings (SSSR count). The summed E-state index contributed by atoms with van der Waals surface area (Å²) in [4.78, 5) is 18.8. The number of carbonyl (C=O) groups excluding carboxylic acids is 1. The van der Waals surface area contributed by atoms with Gasteiger partial charge in [-0.05, 0) is 39.2 Å². The number of rotatable bonds is 8. The van der Waals surface area contributed by atoms with Gasteiger partial charge in [0, 0.05) is 32.0 Å². The van der Waals surface area contributed by atoms with Gasteiger partial charge in [-0.2, -0.15) is 18.2 Å². The van der Waals surface area contributed by atoms with E-state index in [9.17, 15) is 31.5 Å². The summed E-state index contributed by atoms with van der Waals surface area (Å²) in [7, 11) is -2.12. The maximum atomic E-state index is 13.3. The third-order valence-electron chi connectivity index (χ3n) is 6.03. The zero-order valence-corrected chi connectivity index (χ0v) is 20.8. The summed E-state index contributed by atoms with van der Waals surface area (Å²) in [5.41, 5.74) is -2.80. The molecule has 0 aromatic carbocycles. The number of hydrogen-bond donors (Lipinski definition) is 2. The summed E-state index contributed by atoms with van der Waals surface area (Å²) < 4.78 is 74.0. The normalized spacial score (nSPS) is 22.9. The Bertz CT molecular complexity index is 1140. The van der Waals surface area contributed by atoms with Gasteiger partial charge < -0.3 is 24.6 Å². The van der Waals surface area contributed by atoms with Crippen LogP contribution >= 0.6 is 0 Å². The number of sulfone groups is 1. The van der Waals surface area contributed by atoms with Crippen LogP contribution in [0.1, 0.15) is 44.8 Å². The van der Waals surface area contributed by atoms with Crippen LogP contribution in [0.15, 0.2) is 28.1 Å². The molecule has 2 N–H and O–H groups in total. The lowest BCUT2D eigenvalue weighted by Crippen LogP contribution is -2.55. The fraction of sp³-hybridized carbons (Fsp3) is 0.667. The lowest BCUT2D eigenvalue weighted by atomic mass is 9.73. The molecule has 1 aliphatic heterocycles. The van der Waals surface area contributed by atoms with Crippen molar-refractivity contribution >= 4 is 15.7 Å². The second-order valence-corrected chi connectivity index (χ2v) is 11.5. The molecule has 14 heteroatoms. The predicted molar refractivity (Wildman–Crippen MR) is 117 cm³/mol. The number of aliphatic hydroxyl groups is 1. The van der Waals surface area contributed by atoms with E-state index in [-0.39, 0.29) is 23.0 Å². The number of hydrogen-bond acceptors (Lipinski definition) is 9. The van der Waals surface area contributed by atoms with E-state index in [0.717, 1.165) is 13.2 Å². The molecule has 3 unspecified atom stereocenters. The third kappa shape index (κ3) is 5.97. The lowest BCUT2D eigenvalue weighted by molar-refractivity contribution is -0.203. The molecule has 3 atom stereocenters. The Morgan fingerprint density at radius 1 is 1.43 bits per heavy atom. The van der Waals surface area contributed by atoms with Crippen LogP contribution in [0, 0.1) is 6.92 Å². The number of nitrogens with zero attached hydrogens (tertiary/aromatic N) is 3. The number of likely N-dealkylation sites (N-methyl/N-ethyl adjacent to an activating group) is 1. The molecule has 35 heavy (non-hydrogen) atoms. The van der Waals surface area contributed by atoms with Crippen molar-refractivity contribution in [2.24, 2.45) is 0 Å². The Balaban J connectivity index is 1.95. The van der Waals surface area contributed by atoms with Crippen LogP contribution in [0.25, 0.3) is 0 Å². The van der Waals surface area contributed by atoms with E-state index in [1.165, 1.54) is 38.1 Å². The quantitative estimate of drug-likeness (QED) is 0.523. The van der Waals surface area contributed by atoms with Crippen LogP contribution in [0.3, 0.4) is 0 Å². The van der Waals surface area contributed by atoms with E-state index >= 15 is 0 Å². The molecular weight excluding hydrogens is 493 g/mol. The maximum Gasteiger partial charge on any atom is 0.425 e. The zero-order valence-electron chi connectivity index (χ0n) is 20.0. The molecule has 1 saturated carbocycles. The zero-order chi connectivity index (χ0) is 26.4. The SMILES string of the molecule is Cc1nc(C(C)(CS(C)(=O)=O)NC(=O)C2C=C(OC(C)C(F)(F)F)C(C3(O)CCC3)=CN2C)no1. The van der Waals surface area contributed by atoms with Crippen LogP contribution in [0.5, 0.6) is 0 Å². The molecule has 196 valence electrons. The monoisotopic (exact) mass is 522 g/mol. The van der Waals surface area contributed by atoms with Crippen LogP contribution in [0.4, 0.5) is 13.2 Å². The van der Waals surface area contributed by atoms with Gasteiger partial charge in [0.15, 0.2) is 11.9 Å². The smallest absolute Gasteiger partial charge is 0.425 e. The summed E-state index contributed by atoms with van der Waals surface area (Å²) in [6.45, 7) is 3.74. The van der Waals surface area contributed by atoms with E-state index in [1.54, 1.807) is 0 Å². The second-order valence-electron chi connectivity index (χ2n) is 9.40. The summed E-state index contributed by atoms with van der Waals surface area (Å²) in [5, 5.41) is 17.2. The van der Waals surface area contributed by atoms with Crippen molar-refractivity contribution in [3.63, 3.8) is 0 Å². The van der Waals surface area contributed by atoms with Gasteiger partial charge in [-0.3, -0.25) is 4.79 Å². The number of halogens is 3. The Kier molecular flexibility index (Phi) is 7.03. The van der Waals surface area contributed by atoms with Crippen LogP contribution in [-0.4, -0.2) is 77.5 Å². The number of carbonyl (C=O) groups is 1. The van der Waals surface area contributed by atoms with Gasteiger partial charge in [-0.1, -0.05) is 5.16 Å². The largest absolute Gasteiger partial charge is 0.481 e. The maximum absolute atomic E-state index is 13.3. The minimum atomic E-state index is -4.67. The van der Waals surface area contributed by atoms with Gasteiger partial charge in [-0.15, -0.1) is 0 Å². The van der Waals surface area contributed by atoms with Gasteiger partial charge in [-0.25, -0.2) is 8.42 Å². The topological polar surface area (TPSA) is 135 Å². The van der Waals surface area contributed by atoms with Crippen molar-refractivity contribution < 1.29 is 40.8 Å². The van der Waals surface area contributed by atoms with Crippen LogP contribution < -0.4 is 5.32 Å². The van der Waals surface area contributed by atoms with E-state index in [4.69, 9.17) is 9.26 Å². The van der Waals surface area contributed by atoms with Crippen molar-refractivity contribution in [1.29, 1.82) is 0 Å². The first-order chi connectivity index (χ1) is 15.9. The highest BCUT2D eigenvalue weighted by Gasteiger charge is 2.47. The average molecular weight is 523 g/mol. The highest BCUT2D eigenvalue weighted by atomic mass is 32.2. The molecule has 0 saturated heterocycles. The van der Waals surface area contributed by atoms with Gasteiger partial charge in [0.2, 0.25) is 11.8 Å². The Labute approximate surface area is 201 Å². The Morgan fingerprint density at radius 3 is 2.51 bits per heavy atom. The first kappa shape index (κ1) is 27.0. The molecule has 1 aliphatic carbocycles. The molecule has 0 bridgehead atoms.